The number of rotatable bonds is 6. The highest BCUT2D eigenvalue weighted by Gasteiger charge is 2.14. The van der Waals surface area contributed by atoms with E-state index in [1.165, 1.54) is 0 Å². The zero-order valence-corrected chi connectivity index (χ0v) is 14.0. The maximum atomic E-state index is 12.2. The molecule has 0 unspecified atom stereocenters. The lowest BCUT2D eigenvalue weighted by Crippen LogP contribution is -2.36. The molecule has 0 saturated carbocycles. The zero-order valence-electron chi connectivity index (χ0n) is 13.2. The molecule has 0 saturated heterocycles. The largest absolute Gasteiger partial charge is 0.468 e. The summed E-state index contributed by atoms with van der Waals surface area (Å²) in [7, 11) is 1.80. The van der Waals surface area contributed by atoms with Gasteiger partial charge < -0.3 is 9.32 Å². The fourth-order valence-corrected chi connectivity index (χ4v) is 3.31. The molecular weight excluding hydrogens is 310 g/mol. The Morgan fingerprint density at radius 2 is 2.17 bits per heavy atom. The molecule has 1 N–H and O–H groups in total. The van der Waals surface area contributed by atoms with Gasteiger partial charge in [0.15, 0.2) is 0 Å². The van der Waals surface area contributed by atoms with Crippen LogP contribution in [0.4, 0.5) is 0 Å². The molecule has 1 amide bonds. The molecule has 23 heavy (non-hydrogen) atoms. The molecule has 2 aromatic heterocycles. The first-order valence-corrected chi connectivity index (χ1v) is 8.30. The SMILES string of the molecule is C[C@H](NCC(=O)N(C)Cc1nc2ccccc2s1)c1ccco1. The zero-order chi connectivity index (χ0) is 16.2. The van der Waals surface area contributed by atoms with E-state index in [1.54, 1.807) is 29.5 Å². The molecule has 1 atom stereocenters. The molecule has 0 bridgehead atoms. The molecule has 2 heterocycles. The highest BCUT2D eigenvalue weighted by atomic mass is 32.1. The van der Waals surface area contributed by atoms with Gasteiger partial charge in [-0.25, -0.2) is 4.98 Å². The first kappa shape index (κ1) is 15.7. The predicted octanol–water partition coefficient (Wildman–Crippen LogP) is 3.20. The first-order valence-electron chi connectivity index (χ1n) is 7.48. The van der Waals surface area contributed by atoms with Gasteiger partial charge in [-0.3, -0.25) is 10.1 Å². The van der Waals surface area contributed by atoms with Crippen LogP contribution in [0.15, 0.2) is 47.1 Å². The van der Waals surface area contributed by atoms with E-state index < -0.39 is 0 Å². The molecule has 6 heteroatoms. The van der Waals surface area contributed by atoms with Gasteiger partial charge in [-0.15, -0.1) is 11.3 Å². The third-order valence-corrected chi connectivity index (χ3v) is 4.69. The second-order valence-corrected chi connectivity index (χ2v) is 6.56. The maximum absolute atomic E-state index is 12.2. The number of amides is 1. The Labute approximate surface area is 138 Å². The summed E-state index contributed by atoms with van der Waals surface area (Å²) < 4.78 is 6.47. The summed E-state index contributed by atoms with van der Waals surface area (Å²) in [5.74, 6) is 0.856. The number of nitrogens with zero attached hydrogens (tertiary/aromatic N) is 2. The van der Waals surface area contributed by atoms with Gasteiger partial charge in [0.2, 0.25) is 5.91 Å². The number of nitrogens with one attached hydrogen (secondary N) is 1. The van der Waals surface area contributed by atoms with Gasteiger partial charge in [0.25, 0.3) is 0 Å². The van der Waals surface area contributed by atoms with Crippen LogP contribution in [0.25, 0.3) is 10.2 Å². The standard InChI is InChI=1S/C17H19N3O2S/c1-12(14-7-5-9-22-14)18-10-17(21)20(2)11-16-19-13-6-3-4-8-15(13)23-16/h3-9,12,18H,10-11H2,1-2H3/t12-/m0/s1. The number of benzene rings is 1. The first-order chi connectivity index (χ1) is 11.1. The number of hydrogen-bond acceptors (Lipinski definition) is 5. The minimum atomic E-state index is 0.00445. The Hall–Kier alpha value is -2.18. The van der Waals surface area contributed by atoms with E-state index in [0.717, 1.165) is 21.0 Å². The summed E-state index contributed by atoms with van der Waals surface area (Å²) in [6, 6.07) is 11.8. The molecule has 0 radical (unpaired) electrons. The van der Waals surface area contributed by atoms with Crippen molar-refractivity contribution in [3.05, 3.63) is 53.4 Å². The number of carbonyl (C=O) groups is 1. The van der Waals surface area contributed by atoms with Gasteiger partial charge >= 0.3 is 0 Å². The lowest BCUT2D eigenvalue weighted by atomic mass is 10.2. The predicted molar refractivity (Wildman–Crippen MR) is 91.2 cm³/mol. The molecule has 0 spiro atoms. The minimum absolute atomic E-state index is 0.00445. The average molecular weight is 329 g/mol. The molecule has 3 rings (SSSR count). The van der Waals surface area contributed by atoms with Gasteiger partial charge in [-0.1, -0.05) is 12.1 Å². The topological polar surface area (TPSA) is 58.4 Å². The third-order valence-electron chi connectivity index (χ3n) is 3.67. The molecule has 0 aliphatic heterocycles. The lowest BCUT2D eigenvalue weighted by molar-refractivity contribution is -0.129. The van der Waals surface area contributed by atoms with Gasteiger partial charge in [0.05, 0.1) is 35.6 Å². The molecule has 0 fully saturated rings. The fourth-order valence-electron chi connectivity index (χ4n) is 2.29. The van der Waals surface area contributed by atoms with Crippen LogP contribution in [-0.4, -0.2) is 29.4 Å². The Morgan fingerprint density at radius 1 is 1.35 bits per heavy atom. The summed E-state index contributed by atoms with van der Waals surface area (Å²) in [6.07, 6.45) is 1.63. The van der Waals surface area contributed by atoms with Crippen molar-refractivity contribution in [3.8, 4) is 0 Å². The number of hydrogen-bond donors (Lipinski definition) is 1. The smallest absolute Gasteiger partial charge is 0.236 e. The molecule has 5 nitrogen and oxygen atoms in total. The van der Waals surface area contributed by atoms with Crippen LogP contribution in [0, 0.1) is 0 Å². The van der Waals surface area contributed by atoms with Crippen molar-refractivity contribution >= 4 is 27.5 Å². The summed E-state index contributed by atoms with van der Waals surface area (Å²) >= 11 is 1.63. The van der Waals surface area contributed by atoms with Crippen molar-refractivity contribution in [3.63, 3.8) is 0 Å². The Balaban J connectivity index is 1.55. The third kappa shape index (κ3) is 3.78. The van der Waals surface area contributed by atoms with Gasteiger partial charge in [0, 0.05) is 7.05 Å². The second-order valence-electron chi connectivity index (χ2n) is 5.44. The molecule has 1 aromatic carbocycles. The van der Waals surface area contributed by atoms with Crippen molar-refractivity contribution in [2.45, 2.75) is 19.5 Å². The Bertz CT molecular complexity index is 749. The van der Waals surface area contributed by atoms with Crippen LogP contribution in [0.3, 0.4) is 0 Å². The minimum Gasteiger partial charge on any atom is -0.468 e. The highest BCUT2D eigenvalue weighted by molar-refractivity contribution is 7.18. The molecule has 0 aliphatic carbocycles. The molecular formula is C17H19N3O2S. The van der Waals surface area contributed by atoms with E-state index in [-0.39, 0.29) is 18.5 Å². The van der Waals surface area contributed by atoms with Crippen molar-refractivity contribution in [1.82, 2.24) is 15.2 Å². The Morgan fingerprint density at radius 3 is 2.91 bits per heavy atom. The normalized spacial score (nSPS) is 12.4. The van der Waals surface area contributed by atoms with E-state index in [1.807, 2.05) is 43.3 Å². The maximum Gasteiger partial charge on any atom is 0.236 e. The summed E-state index contributed by atoms with van der Waals surface area (Å²) in [5.41, 5.74) is 0.984. The highest BCUT2D eigenvalue weighted by Crippen LogP contribution is 2.22. The van der Waals surface area contributed by atoms with Crippen LogP contribution in [-0.2, 0) is 11.3 Å². The number of fused-ring (bicyclic) bond motifs is 1. The van der Waals surface area contributed by atoms with E-state index in [9.17, 15) is 4.79 Å². The summed E-state index contributed by atoms with van der Waals surface area (Å²) in [5, 5.41) is 4.12. The van der Waals surface area contributed by atoms with Crippen molar-refractivity contribution in [1.29, 1.82) is 0 Å². The van der Waals surface area contributed by atoms with Crippen LogP contribution >= 0.6 is 11.3 Å². The molecule has 120 valence electrons. The van der Waals surface area contributed by atoms with Crippen molar-refractivity contribution in [2.75, 3.05) is 13.6 Å². The van der Waals surface area contributed by atoms with E-state index >= 15 is 0 Å². The molecule has 0 aliphatic rings. The van der Waals surface area contributed by atoms with Crippen molar-refractivity contribution < 1.29 is 9.21 Å². The van der Waals surface area contributed by atoms with E-state index in [4.69, 9.17) is 4.42 Å². The van der Waals surface area contributed by atoms with Gasteiger partial charge in [-0.05, 0) is 31.2 Å². The number of furan rings is 1. The van der Waals surface area contributed by atoms with E-state index in [2.05, 4.69) is 10.3 Å². The molecule has 3 aromatic rings. The van der Waals surface area contributed by atoms with Crippen molar-refractivity contribution in [2.24, 2.45) is 0 Å². The van der Waals surface area contributed by atoms with Gasteiger partial charge in [0.1, 0.15) is 10.8 Å². The van der Waals surface area contributed by atoms with Crippen LogP contribution < -0.4 is 5.32 Å². The number of carbonyl (C=O) groups excluding carboxylic acids is 1. The lowest BCUT2D eigenvalue weighted by Gasteiger charge is -2.17. The van der Waals surface area contributed by atoms with Gasteiger partial charge in [-0.2, -0.15) is 0 Å². The Kier molecular flexibility index (Phi) is 4.73. The summed E-state index contributed by atoms with van der Waals surface area (Å²) in [4.78, 5) is 18.5. The van der Waals surface area contributed by atoms with Crippen LogP contribution in [0.2, 0.25) is 0 Å². The number of para-hydroxylation sites is 1. The number of aromatic nitrogens is 1. The second kappa shape index (κ2) is 6.93. The fraction of sp³-hybridized carbons (Fsp3) is 0.294. The monoisotopic (exact) mass is 329 g/mol. The van der Waals surface area contributed by atoms with Crippen LogP contribution in [0.5, 0.6) is 0 Å². The van der Waals surface area contributed by atoms with E-state index in [0.29, 0.717) is 6.54 Å². The van der Waals surface area contributed by atoms with Crippen LogP contribution in [0.1, 0.15) is 23.7 Å². The summed E-state index contributed by atoms with van der Waals surface area (Å²) in [6.45, 7) is 2.76. The number of thiazole rings is 1. The number of likely N-dealkylation sites (N-methyl/N-ethyl adjacent to an activating group) is 1. The average Bonchev–Trinajstić information content (AvgIpc) is 3.20. The quantitative estimate of drug-likeness (QED) is 0.754.